The minimum Gasteiger partial charge on any atom is -0.453 e. The van der Waals surface area contributed by atoms with E-state index in [1.54, 1.807) is 0 Å². The summed E-state index contributed by atoms with van der Waals surface area (Å²) in [6, 6.07) is 25.4. The third-order valence-electron chi connectivity index (χ3n) is 4.46. The van der Waals surface area contributed by atoms with Gasteiger partial charge in [0.25, 0.3) is 0 Å². The molecule has 3 nitrogen and oxygen atoms in total. The van der Waals surface area contributed by atoms with Gasteiger partial charge in [-0.25, -0.2) is 0 Å². The molecule has 0 aliphatic rings. The van der Waals surface area contributed by atoms with Crippen LogP contribution in [0.1, 0.15) is 44.2 Å². The molecule has 0 saturated heterocycles. The van der Waals surface area contributed by atoms with Crippen LogP contribution in [0.3, 0.4) is 0 Å². The number of rotatable bonds is 9. The Hall–Kier alpha value is -2.49. The van der Waals surface area contributed by atoms with E-state index in [-0.39, 0.29) is 18.4 Å². The van der Waals surface area contributed by atoms with Gasteiger partial charge in [-0.1, -0.05) is 68.7 Å². The number of hydrogen-bond donors (Lipinski definition) is 1. The topological polar surface area (TPSA) is 44.5 Å². The number of benzene rings is 3. The van der Waals surface area contributed by atoms with E-state index in [1.165, 1.54) is 12.8 Å². The summed E-state index contributed by atoms with van der Waals surface area (Å²) in [4.78, 5) is 0. The Balaban J connectivity index is 0.00000280. The molecule has 0 fully saturated rings. The van der Waals surface area contributed by atoms with Gasteiger partial charge < -0.3 is 15.2 Å². The first kappa shape index (κ1) is 21.8. The van der Waals surface area contributed by atoms with E-state index < -0.39 is 0 Å². The SMILES string of the molecule is CCCCC[C@@H](N)c1ccc(Oc2ccccc2)c(Oc2ccccc2)c1.Cl. The summed E-state index contributed by atoms with van der Waals surface area (Å²) < 4.78 is 12.2. The van der Waals surface area contributed by atoms with Crippen LogP contribution >= 0.6 is 12.4 Å². The second-order valence-electron chi connectivity index (χ2n) is 6.64. The van der Waals surface area contributed by atoms with Crippen molar-refractivity contribution in [3.63, 3.8) is 0 Å². The zero-order chi connectivity index (χ0) is 18.9. The quantitative estimate of drug-likeness (QED) is 0.386. The monoisotopic (exact) mass is 397 g/mol. The van der Waals surface area contributed by atoms with Gasteiger partial charge in [-0.3, -0.25) is 0 Å². The Morgan fingerprint density at radius 1 is 0.750 bits per heavy atom. The third-order valence-corrected chi connectivity index (χ3v) is 4.46. The number of ether oxygens (including phenoxy) is 2. The smallest absolute Gasteiger partial charge is 0.170 e. The molecule has 3 aromatic rings. The van der Waals surface area contributed by atoms with Gasteiger partial charge in [-0.2, -0.15) is 0 Å². The Morgan fingerprint density at radius 3 is 1.89 bits per heavy atom. The lowest BCUT2D eigenvalue weighted by Crippen LogP contribution is -2.10. The highest BCUT2D eigenvalue weighted by molar-refractivity contribution is 5.85. The maximum Gasteiger partial charge on any atom is 0.170 e. The number of para-hydroxylation sites is 2. The molecule has 28 heavy (non-hydrogen) atoms. The lowest BCUT2D eigenvalue weighted by atomic mass is 10.0. The molecule has 0 radical (unpaired) electrons. The predicted molar refractivity (Wildman–Crippen MR) is 118 cm³/mol. The summed E-state index contributed by atoms with van der Waals surface area (Å²) in [6.45, 7) is 2.20. The average molecular weight is 398 g/mol. The molecule has 0 bridgehead atoms. The minimum atomic E-state index is 0. The molecular formula is C24H28ClNO2. The van der Waals surface area contributed by atoms with E-state index in [0.29, 0.717) is 11.5 Å². The van der Waals surface area contributed by atoms with Crippen LogP contribution in [-0.4, -0.2) is 0 Å². The molecule has 0 aliphatic heterocycles. The molecule has 0 aromatic heterocycles. The first-order valence-corrected chi connectivity index (χ1v) is 9.61. The molecule has 0 heterocycles. The van der Waals surface area contributed by atoms with Crippen LogP contribution in [0.25, 0.3) is 0 Å². The fourth-order valence-corrected chi connectivity index (χ4v) is 2.93. The first-order chi connectivity index (χ1) is 13.3. The maximum absolute atomic E-state index is 6.40. The fraction of sp³-hybridized carbons (Fsp3) is 0.250. The zero-order valence-electron chi connectivity index (χ0n) is 16.2. The zero-order valence-corrected chi connectivity index (χ0v) is 17.0. The van der Waals surface area contributed by atoms with Crippen LogP contribution in [0.4, 0.5) is 0 Å². The average Bonchev–Trinajstić information content (AvgIpc) is 2.71. The summed E-state index contributed by atoms with van der Waals surface area (Å²) in [6.07, 6.45) is 4.50. The molecule has 3 aromatic carbocycles. The number of halogens is 1. The lowest BCUT2D eigenvalue weighted by molar-refractivity contribution is 0.417. The van der Waals surface area contributed by atoms with Gasteiger partial charge in [0, 0.05) is 6.04 Å². The van der Waals surface area contributed by atoms with Gasteiger partial charge in [-0.05, 0) is 48.4 Å². The van der Waals surface area contributed by atoms with Crippen molar-refractivity contribution in [3.8, 4) is 23.0 Å². The summed E-state index contributed by atoms with van der Waals surface area (Å²) >= 11 is 0. The second-order valence-corrected chi connectivity index (χ2v) is 6.64. The number of nitrogens with two attached hydrogens (primary N) is 1. The predicted octanol–water partition coefficient (Wildman–Crippen LogP) is 7.27. The Kier molecular flexibility index (Phi) is 8.86. The van der Waals surface area contributed by atoms with Crippen LogP contribution < -0.4 is 15.2 Å². The molecule has 0 aliphatic carbocycles. The van der Waals surface area contributed by atoms with Gasteiger partial charge in [0.05, 0.1) is 0 Å². The van der Waals surface area contributed by atoms with Gasteiger partial charge in [0.15, 0.2) is 11.5 Å². The molecule has 4 heteroatoms. The van der Waals surface area contributed by atoms with Crippen molar-refractivity contribution in [1.82, 2.24) is 0 Å². The lowest BCUT2D eigenvalue weighted by Gasteiger charge is -2.17. The van der Waals surface area contributed by atoms with Crippen molar-refractivity contribution >= 4 is 12.4 Å². The molecule has 0 unspecified atom stereocenters. The Morgan fingerprint density at radius 2 is 1.32 bits per heavy atom. The van der Waals surface area contributed by atoms with E-state index in [2.05, 4.69) is 6.92 Å². The molecule has 0 amide bonds. The highest BCUT2D eigenvalue weighted by Gasteiger charge is 2.13. The molecule has 2 N–H and O–H groups in total. The summed E-state index contributed by atoms with van der Waals surface area (Å²) in [5.41, 5.74) is 7.47. The van der Waals surface area contributed by atoms with Crippen molar-refractivity contribution in [1.29, 1.82) is 0 Å². The Labute approximate surface area is 173 Å². The second kappa shape index (κ2) is 11.4. The molecule has 0 saturated carbocycles. The summed E-state index contributed by atoms with van der Waals surface area (Å²) in [7, 11) is 0. The highest BCUT2D eigenvalue weighted by atomic mass is 35.5. The van der Waals surface area contributed by atoms with Crippen molar-refractivity contribution in [2.75, 3.05) is 0 Å². The molecular weight excluding hydrogens is 370 g/mol. The normalized spacial score (nSPS) is 11.4. The van der Waals surface area contributed by atoms with E-state index >= 15 is 0 Å². The van der Waals surface area contributed by atoms with Crippen LogP contribution in [0.2, 0.25) is 0 Å². The van der Waals surface area contributed by atoms with Gasteiger partial charge in [-0.15, -0.1) is 12.4 Å². The third kappa shape index (κ3) is 6.29. The van der Waals surface area contributed by atoms with Gasteiger partial charge in [0.2, 0.25) is 0 Å². The van der Waals surface area contributed by atoms with E-state index in [0.717, 1.165) is 29.9 Å². The summed E-state index contributed by atoms with van der Waals surface area (Å²) in [5.74, 6) is 2.89. The number of hydrogen-bond acceptors (Lipinski definition) is 3. The van der Waals surface area contributed by atoms with Crippen molar-refractivity contribution in [3.05, 3.63) is 84.4 Å². The van der Waals surface area contributed by atoms with Crippen LogP contribution in [0.5, 0.6) is 23.0 Å². The minimum absolute atomic E-state index is 0. The standard InChI is InChI=1S/C24H27NO2.ClH/c1-2-3-6-15-22(25)19-16-17-23(26-20-11-7-4-8-12-20)24(18-19)27-21-13-9-5-10-14-21;/h4-5,7-14,16-18,22H,2-3,6,15,25H2,1H3;1H/t22-;/m1./s1. The van der Waals surface area contributed by atoms with E-state index in [4.69, 9.17) is 15.2 Å². The van der Waals surface area contributed by atoms with E-state index in [1.807, 2.05) is 78.9 Å². The number of unbranched alkanes of at least 4 members (excludes halogenated alkanes) is 2. The van der Waals surface area contributed by atoms with Crippen molar-refractivity contribution in [2.45, 2.75) is 38.6 Å². The van der Waals surface area contributed by atoms with E-state index in [9.17, 15) is 0 Å². The molecule has 1 atom stereocenters. The van der Waals surface area contributed by atoms with Crippen molar-refractivity contribution < 1.29 is 9.47 Å². The van der Waals surface area contributed by atoms with Crippen LogP contribution in [-0.2, 0) is 0 Å². The first-order valence-electron chi connectivity index (χ1n) is 9.61. The van der Waals surface area contributed by atoms with Crippen LogP contribution in [0, 0.1) is 0 Å². The highest BCUT2D eigenvalue weighted by Crippen LogP contribution is 2.37. The molecule has 0 spiro atoms. The maximum atomic E-state index is 6.40. The molecule has 148 valence electrons. The largest absolute Gasteiger partial charge is 0.453 e. The molecule has 3 rings (SSSR count). The van der Waals surface area contributed by atoms with Crippen molar-refractivity contribution in [2.24, 2.45) is 5.73 Å². The summed E-state index contributed by atoms with van der Waals surface area (Å²) in [5, 5.41) is 0. The fourth-order valence-electron chi connectivity index (χ4n) is 2.93. The van der Waals surface area contributed by atoms with Gasteiger partial charge >= 0.3 is 0 Å². The van der Waals surface area contributed by atoms with Crippen LogP contribution in [0.15, 0.2) is 78.9 Å². The van der Waals surface area contributed by atoms with Gasteiger partial charge in [0.1, 0.15) is 11.5 Å². The Bertz CT molecular complexity index is 825.